The van der Waals surface area contributed by atoms with Gasteiger partial charge in [-0.1, -0.05) is 50.0 Å². The highest BCUT2D eigenvalue weighted by atomic mass is 28.3. The third-order valence-electron chi connectivity index (χ3n) is 7.60. The Morgan fingerprint density at radius 3 is 2.31 bits per heavy atom. The Bertz CT molecular complexity index is 1360. The van der Waals surface area contributed by atoms with Gasteiger partial charge in [0, 0.05) is 51.2 Å². The smallest absolute Gasteiger partial charge is 0.387 e. The molecule has 0 spiro atoms. The summed E-state index contributed by atoms with van der Waals surface area (Å²) in [5.41, 5.74) is 1.48. The van der Waals surface area contributed by atoms with Crippen LogP contribution in [0.3, 0.4) is 0 Å². The van der Waals surface area contributed by atoms with E-state index in [1.807, 2.05) is 26.0 Å². The molecule has 11 heteroatoms. The minimum absolute atomic E-state index is 0.0334. The Hall–Kier alpha value is -3.25. The lowest BCUT2D eigenvalue weighted by molar-refractivity contribution is -0.145. The van der Waals surface area contributed by atoms with Crippen molar-refractivity contribution < 1.29 is 37.3 Å². The lowest BCUT2D eigenvalue weighted by atomic mass is 9.77. The van der Waals surface area contributed by atoms with Crippen LogP contribution in [0.1, 0.15) is 61.4 Å². The van der Waals surface area contributed by atoms with E-state index in [1.165, 1.54) is 12.5 Å². The summed E-state index contributed by atoms with van der Waals surface area (Å²) in [6, 6.07) is 14.6. The first-order valence-corrected chi connectivity index (χ1v) is 19.0. The summed E-state index contributed by atoms with van der Waals surface area (Å²) in [4.78, 5) is 22.3. The number of nitrogens with zero attached hydrogens (tertiary/aromatic N) is 2. The SMILES string of the molecule is C1C2OC12.CCOC(=O)C(c1cccnc1)C(c1ccc(C(C)(C)OCOCC[Si](C)(C)C)nc1)c1ccccc1OC(F)F. The number of fused-ring (bicyclic) bond motifs is 1. The molecule has 4 atom stereocenters. The van der Waals surface area contributed by atoms with E-state index in [2.05, 4.69) is 29.6 Å². The molecule has 244 valence electrons. The van der Waals surface area contributed by atoms with E-state index in [4.69, 9.17) is 23.7 Å². The van der Waals surface area contributed by atoms with Crippen molar-refractivity contribution in [1.29, 1.82) is 0 Å². The molecule has 1 aromatic carbocycles. The zero-order chi connectivity index (χ0) is 32.6. The first-order valence-electron chi connectivity index (χ1n) is 15.3. The number of carbonyl (C=O) groups is 1. The number of ether oxygens (including phenoxy) is 5. The van der Waals surface area contributed by atoms with Crippen molar-refractivity contribution in [1.82, 2.24) is 9.97 Å². The van der Waals surface area contributed by atoms with Gasteiger partial charge in [-0.3, -0.25) is 14.8 Å². The van der Waals surface area contributed by atoms with Crippen LogP contribution in [0.25, 0.3) is 0 Å². The fourth-order valence-electron chi connectivity index (χ4n) is 4.71. The average molecular weight is 643 g/mol. The van der Waals surface area contributed by atoms with E-state index in [0.717, 1.165) is 18.3 Å². The fourth-order valence-corrected chi connectivity index (χ4v) is 5.47. The summed E-state index contributed by atoms with van der Waals surface area (Å²) in [6.07, 6.45) is 7.67. The van der Waals surface area contributed by atoms with Gasteiger partial charge in [0.25, 0.3) is 0 Å². The van der Waals surface area contributed by atoms with E-state index < -0.39 is 38.1 Å². The summed E-state index contributed by atoms with van der Waals surface area (Å²) < 4.78 is 53.7. The molecule has 1 saturated heterocycles. The normalized spacial score (nSPS) is 18.2. The van der Waals surface area contributed by atoms with Gasteiger partial charge in [-0.25, -0.2) is 0 Å². The second-order valence-electron chi connectivity index (χ2n) is 12.8. The zero-order valence-electron chi connectivity index (χ0n) is 26.9. The number of carbonyl (C=O) groups excluding carboxylic acids is 1. The molecule has 1 aliphatic carbocycles. The number of hydrogen-bond donors (Lipinski definition) is 0. The number of pyridine rings is 2. The first-order chi connectivity index (χ1) is 21.4. The molecular weight excluding hydrogens is 598 g/mol. The van der Waals surface area contributed by atoms with E-state index >= 15 is 0 Å². The molecule has 8 nitrogen and oxygen atoms in total. The Kier molecular flexibility index (Phi) is 11.8. The van der Waals surface area contributed by atoms with E-state index in [1.54, 1.807) is 55.8 Å². The minimum Gasteiger partial charge on any atom is -0.465 e. The molecule has 0 radical (unpaired) electrons. The molecule has 3 heterocycles. The number of epoxide rings is 1. The number of para-hydroxylation sites is 1. The summed E-state index contributed by atoms with van der Waals surface area (Å²) >= 11 is 0. The van der Waals surface area contributed by atoms with Gasteiger partial charge in [0.2, 0.25) is 0 Å². The highest BCUT2D eigenvalue weighted by molar-refractivity contribution is 6.76. The average Bonchev–Trinajstić information content (AvgIpc) is 3.90. The van der Waals surface area contributed by atoms with Crippen molar-refractivity contribution in [2.24, 2.45) is 0 Å². The Morgan fingerprint density at radius 2 is 1.76 bits per heavy atom. The molecule has 0 amide bonds. The molecule has 2 fully saturated rings. The molecular formula is C34H44F2N2O6Si. The number of halogens is 2. The molecule has 1 aliphatic heterocycles. The van der Waals surface area contributed by atoms with Crippen molar-refractivity contribution in [2.45, 2.75) is 89.1 Å². The summed E-state index contributed by atoms with van der Waals surface area (Å²) in [5, 5.41) is 0. The van der Waals surface area contributed by atoms with Crippen LogP contribution < -0.4 is 4.74 Å². The van der Waals surface area contributed by atoms with Crippen molar-refractivity contribution in [2.75, 3.05) is 20.0 Å². The Labute approximate surface area is 265 Å². The van der Waals surface area contributed by atoms with Gasteiger partial charge in [0.1, 0.15) is 18.1 Å². The highest BCUT2D eigenvalue weighted by Gasteiger charge is 2.56. The van der Waals surface area contributed by atoms with Crippen LogP contribution in [-0.2, 0) is 29.3 Å². The second-order valence-corrected chi connectivity index (χ2v) is 18.4. The van der Waals surface area contributed by atoms with Gasteiger partial charge in [-0.15, -0.1) is 0 Å². The third-order valence-corrected chi connectivity index (χ3v) is 9.30. The van der Waals surface area contributed by atoms with Gasteiger partial charge in [0.15, 0.2) is 0 Å². The molecule has 4 unspecified atom stereocenters. The molecule has 2 aliphatic rings. The number of aromatic nitrogens is 2. The van der Waals surface area contributed by atoms with Crippen LogP contribution >= 0.6 is 0 Å². The van der Waals surface area contributed by atoms with Crippen LogP contribution in [0, 0.1) is 0 Å². The summed E-state index contributed by atoms with van der Waals surface area (Å²) in [7, 11) is -1.20. The molecule has 2 aromatic heterocycles. The maximum Gasteiger partial charge on any atom is 0.387 e. The lowest BCUT2D eigenvalue weighted by Crippen LogP contribution is -2.27. The number of esters is 1. The van der Waals surface area contributed by atoms with Crippen molar-refractivity contribution in [3.05, 3.63) is 89.5 Å². The number of benzene rings is 1. The van der Waals surface area contributed by atoms with Crippen molar-refractivity contribution in [3.8, 4) is 5.75 Å². The van der Waals surface area contributed by atoms with Crippen LogP contribution in [-0.4, -0.2) is 62.8 Å². The van der Waals surface area contributed by atoms with Crippen LogP contribution in [0.2, 0.25) is 25.7 Å². The summed E-state index contributed by atoms with van der Waals surface area (Å²) in [6.45, 7) is 10.3. The maximum absolute atomic E-state index is 13.4. The predicted molar refractivity (Wildman–Crippen MR) is 169 cm³/mol. The van der Waals surface area contributed by atoms with Gasteiger partial charge in [-0.05, 0) is 56.1 Å². The van der Waals surface area contributed by atoms with Gasteiger partial charge in [0.05, 0.1) is 30.4 Å². The standard InChI is InChI=1S/C31H40F2N2O5Si.C3H4O/c1-7-38-29(36)28(22-11-10-16-34-19-22)27(24-12-8-9-13-25(24)40-30(32)33)23-14-15-26(35-20-23)31(2,3)39-21-37-17-18-41(4,5)6;1-2-3(1)4-2/h8-16,19-20,27-28,30H,7,17-18,21H2,1-6H3;2-3H,1H2. The maximum atomic E-state index is 13.4. The third kappa shape index (κ3) is 10.4. The predicted octanol–water partition coefficient (Wildman–Crippen LogP) is 7.28. The van der Waals surface area contributed by atoms with Crippen molar-refractivity contribution >= 4 is 14.0 Å². The fraction of sp³-hybridized carbons (Fsp3) is 0.500. The summed E-state index contributed by atoms with van der Waals surface area (Å²) in [5.74, 6) is -2.21. The van der Waals surface area contributed by atoms with Gasteiger partial charge < -0.3 is 23.7 Å². The number of alkyl halides is 2. The van der Waals surface area contributed by atoms with E-state index in [9.17, 15) is 13.6 Å². The first kappa shape index (κ1) is 34.6. The monoisotopic (exact) mass is 642 g/mol. The molecule has 0 bridgehead atoms. The van der Waals surface area contributed by atoms with E-state index in [-0.39, 0.29) is 19.1 Å². The molecule has 0 N–H and O–H groups in total. The topological polar surface area (TPSA) is 92.3 Å². The van der Waals surface area contributed by atoms with Crippen molar-refractivity contribution in [3.63, 3.8) is 0 Å². The second kappa shape index (κ2) is 15.4. The molecule has 1 saturated carbocycles. The molecule has 5 rings (SSSR count). The zero-order valence-corrected chi connectivity index (χ0v) is 27.9. The van der Waals surface area contributed by atoms with Crippen LogP contribution in [0.5, 0.6) is 5.75 Å². The van der Waals surface area contributed by atoms with E-state index in [0.29, 0.717) is 29.0 Å². The number of hydrogen-bond acceptors (Lipinski definition) is 8. The van der Waals surface area contributed by atoms with Crippen LogP contribution in [0.4, 0.5) is 8.78 Å². The molecule has 45 heavy (non-hydrogen) atoms. The van der Waals surface area contributed by atoms with Gasteiger partial charge in [-0.2, -0.15) is 8.78 Å². The number of rotatable bonds is 15. The lowest BCUT2D eigenvalue weighted by Gasteiger charge is -2.29. The quantitative estimate of drug-likeness (QED) is 0.0562. The Balaban J connectivity index is 0.00000104. The highest BCUT2D eigenvalue weighted by Crippen LogP contribution is 2.46. The Morgan fingerprint density at radius 1 is 1.04 bits per heavy atom. The van der Waals surface area contributed by atoms with Crippen LogP contribution in [0.15, 0.2) is 67.1 Å². The largest absolute Gasteiger partial charge is 0.465 e. The molecule has 3 aromatic rings. The van der Waals surface area contributed by atoms with Gasteiger partial charge >= 0.3 is 12.6 Å². The minimum atomic E-state index is -3.04.